The number of carbonyl (C=O) groups is 2. The molecule has 0 N–H and O–H groups in total. The normalized spacial score (nSPS) is 10.4. The summed E-state index contributed by atoms with van der Waals surface area (Å²) < 4.78 is 5.13. The zero-order chi connectivity index (χ0) is 14.3. The van der Waals surface area contributed by atoms with Gasteiger partial charge >= 0.3 is 6.09 Å². The van der Waals surface area contributed by atoms with Crippen LogP contribution in [0.25, 0.3) is 0 Å². The zero-order valence-corrected chi connectivity index (χ0v) is 11.7. The minimum atomic E-state index is -0.582. The maximum atomic E-state index is 11.7. The van der Waals surface area contributed by atoms with E-state index in [1.807, 2.05) is 6.07 Å². The van der Waals surface area contributed by atoms with Gasteiger partial charge in [0.1, 0.15) is 12.1 Å². The van der Waals surface area contributed by atoms with Crippen molar-refractivity contribution in [1.29, 1.82) is 5.26 Å². The molecule has 0 fully saturated rings. The largest absolute Gasteiger partial charge is 0.444 e. The van der Waals surface area contributed by atoms with Crippen LogP contribution in [0.1, 0.15) is 27.2 Å². The molecule has 0 aromatic heterocycles. The summed E-state index contributed by atoms with van der Waals surface area (Å²) in [5.74, 6) is -0.224. The molecule has 6 nitrogen and oxygen atoms in total. The van der Waals surface area contributed by atoms with Crippen LogP contribution < -0.4 is 0 Å². The van der Waals surface area contributed by atoms with Crippen LogP contribution in [-0.4, -0.2) is 54.6 Å². The summed E-state index contributed by atoms with van der Waals surface area (Å²) >= 11 is 0. The molecule has 0 aliphatic carbocycles. The van der Waals surface area contributed by atoms with Crippen LogP contribution in [0.5, 0.6) is 0 Å². The van der Waals surface area contributed by atoms with E-state index in [0.29, 0.717) is 6.54 Å². The third kappa shape index (κ3) is 6.74. The first-order valence-corrected chi connectivity index (χ1v) is 5.72. The molecule has 0 spiro atoms. The monoisotopic (exact) mass is 255 g/mol. The lowest BCUT2D eigenvalue weighted by Gasteiger charge is -2.25. The number of hydrogen-bond acceptors (Lipinski definition) is 4. The van der Waals surface area contributed by atoms with Gasteiger partial charge in [0.2, 0.25) is 5.91 Å². The highest BCUT2D eigenvalue weighted by molar-refractivity contribution is 5.82. The number of hydrogen-bond donors (Lipinski definition) is 0. The van der Waals surface area contributed by atoms with Crippen molar-refractivity contribution in [2.45, 2.75) is 32.8 Å². The van der Waals surface area contributed by atoms with E-state index < -0.39 is 11.7 Å². The highest BCUT2D eigenvalue weighted by Gasteiger charge is 2.22. The Labute approximate surface area is 108 Å². The van der Waals surface area contributed by atoms with Crippen molar-refractivity contribution in [3.8, 4) is 6.07 Å². The number of carbonyl (C=O) groups excluding carboxylic acids is 2. The predicted molar refractivity (Wildman–Crippen MR) is 66.7 cm³/mol. The summed E-state index contributed by atoms with van der Waals surface area (Å²) in [4.78, 5) is 25.9. The Hall–Kier alpha value is -1.77. The lowest BCUT2D eigenvalue weighted by molar-refractivity contribution is -0.130. The van der Waals surface area contributed by atoms with Gasteiger partial charge in [0.15, 0.2) is 0 Å². The summed E-state index contributed by atoms with van der Waals surface area (Å²) in [6.07, 6.45) is -0.261. The van der Waals surface area contributed by atoms with Crippen molar-refractivity contribution < 1.29 is 14.3 Å². The lowest BCUT2D eigenvalue weighted by atomic mass is 10.2. The van der Waals surface area contributed by atoms with Crippen molar-refractivity contribution in [1.82, 2.24) is 9.80 Å². The molecule has 18 heavy (non-hydrogen) atoms. The average Bonchev–Trinajstić information content (AvgIpc) is 2.23. The van der Waals surface area contributed by atoms with Gasteiger partial charge in [-0.3, -0.25) is 4.79 Å². The minimum Gasteiger partial charge on any atom is -0.444 e. The Morgan fingerprint density at radius 1 is 1.22 bits per heavy atom. The zero-order valence-electron chi connectivity index (χ0n) is 11.7. The molecule has 0 rings (SSSR count). The third-order valence-electron chi connectivity index (χ3n) is 2.06. The first-order valence-electron chi connectivity index (χ1n) is 5.72. The summed E-state index contributed by atoms with van der Waals surface area (Å²) in [5.41, 5.74) is -0.582. The number of nitrogens with zero attached hydrogens (tertiary/aromatic N) is 3. The molecule has 0 aromatic carbocycles. The van der Waals surface area contributed by atoms with Gasteiger partial charge in [-0.1, -0.05) is 0 Å². The SMILES string of the molecule is CN(CCC#N)C(=O)CN(C)C(=O)OC(C)(C)C. The summed E-state index contributed by atoms with van der Waals surface area (Å²) in [7, 11) is 3.10. The minimum absolute atomic E-state index is 0.0587. The molecule has 6 heteroatoms. The van der Waals surface area contributed by atoms with Crippen molar-refractivity contribution in [3.63, 3.8) is 0 Å². The fourth-order valence-electron chi connectivity index (χ4n) is 1.07. The number of nitriles is 1. The van der Waals surface area contributed by atoms with Crippen molar-refractivity contribution in [2.24, 2.45) is 0 Å². The second-order valence-electron chi connectivity index (χ2n) is 5.06. The van der Waals surface area contributed by atoms with Gasteiger partial charge < -0.3 is 14.5 Å². The van der Waals surface area contributed by atoms with Crippen molar-refractivity contribution in [2.75, 3.05) is 27.2 Å². The van der Waals surface area contributed by atoms with Crippen LogP contribution >= 0.6 is 0 Å². The Morgan fingerprint density at radius 3 is 2.22 bits per heavy atom. The van der Waals surface area contributed by atoms with Crippen molar-refractivity contribution >= 4 is 12.0 Å². The van der Waals surface area contributed by atoms with Gasteiger partial charge in [0.05, 0.1) is 12.5 Å². The first kappa shape index (κ1) is 16.2. The molecular formula is C12H21N3O3. The van der Waals surface area contributed by atoms with Gasteiger partial charge in [-0.2, -0.15) is 5.26 Å². The summed E-state index contributed by atoms with van der Waals surface area (Å²) in [6, 6.07) is 1.96. The van der Waals surface area contributed by atoms with Crippen LogP contribution in [0, 0.1) is 11.3 Å². The predicted octanol–water partition coefficient (Wildman–Crippen LogP) is 1.23. The molecular weight excluding hydrogens is 234 g/mol. The van der Waals surface area contributed by atoms with Gasteiger partial charge in [0, 0.05) is 20.6 Å². The molecule has 0 heterocycles. The Kier molecular flexibility index (Phi) is 6.17. The quantitative estimate of drug-likeness (QED) is 0.757. The molecule has 0 aliphatic heterocycles. The number of likely N-dealkylation sites (N-methyl/N-ethyl adjacent to an activating group) is 2. The summed E-state index contributed by atoms with van der Waals surface area (Å²) in [6.45, 7) is 5.59. The van der Waals surface area contributed by atoms with E-state index in [9.17, 15) is 9.59 Å². The number of ether oxygens (including phenoxy) is 1. The van der Waals surface area contributed by atoms with E-state index in [0.717, 1.165) is 0 Å². The van der Waals surface area contributed by atoms with Crippen LogP contribution in [0.3, 0.4) is 0 Å². The van der Waals surface area contributed by atoms with Crippen LogP contribution in [0.15, 0.2) is 0 Å². The molecule has 0 saturated heterocycles. The maximum Gasteiger partial charge on any atom is 0.410 e. The fourth-order valence-corrected chi connectivity index (χ4v) is 1.07. The van der Waals surface area contributed by atoms with E-state index in [4.69, 9.17) is 10.00 Å². The summed E-state index contributed by atoms with van der Waals surface area (Å²) in [5, 5.41) is 8.42. The molecule has 0 aromatic rings. The number of amides is 2. The first-order chi connectivity index (χ1) is 8.17. The molecule has 102 valence electrons. The number of rotatable bonds is 4. The topological polar surface area (TPSA) is 73.6 Å². The fraction of sp³-hybridized carbons (Fsp3) is 0.750. The second kappa shape index (κ2) is 6.84. The van der Waals surface area contributed by atoms with Gasteiger partial charge in [-0.15, -0.1) is 0 Å². The molecule has 0 bridgehead atoms. The third-order valence-corrected chi connectivity index (χ3v) is 2.06. The molecule has 0 radical (unpaired) electrons. The van der Waals surface area contributed by atoms with Crippen molar-refractivity contribution in [3.05, 3.63) is 0 Å². The van der Waals surface area contributed by atoms with E-state index >= 15 is 0 Å². The van der Waals surface area contributed by atoms with E-state index in [-0.39, 0.29) is 18.9 Å². The van der Waals surface area contributed by atoms with Crippen LogP contribution in [0.2, 0.25) is 0 Å². The van der Waals surface area contributed by atoms with E-state index in [2.05, 4.69) is 0 Å². The second-order valence-corrected chi connectivity index (χ2v) is 5.06. The van der Waals surface area contributed by atoms with E-state index in [1.54, 1.807) is 27.8 Å². The smallest absolute Gasteiger partial charge is 0.410 e. The van der Waals surface area contributed by atoms with Gasteiger partial charge in [-0.25, -0.2) is 4.79 Å². The van der Waals surface area contributed by atoms with Gasteiger partial charge in [0.25, 0.3) is 0 Å². The highest BCUT2D eigenvalue weighted by Crippen LogP contribution is 2.09. The standard InChI is InChI=1S/C12H21N3O3/c1-12(2,3)18-11(17)15(5)9-10(16)14(4)8-6-7-13/h6,8-9H2,1-5H3. The Balaban J connectivity index is 4.23. The average molecular weight is 255 g/mol. The van der Waals surface area contributed by atoms with Crippen LogP contribution in [-0.2, 0) is 9.53 Å². The lowest BCUT2D eigenvalue weighted by Crippen LogP contribution is -2.41. The van der Waals surface area contributed by atoms with Gasteiger partial charge in [-0.05, 0) is 20.8 Å². The molecule has 0 aliphatic rings. The Morgan fingerprint density at radius 2 is 1.78 bits per heavy atom. The Bertz CT molecular complexity index is 341. The van der Waals surface area contributed by atoms with Crippen LogP contribution in [0.4, 0.5) is 4.79 Å². The highest BCUT2D eigenvalue weighted by atomic mass is 16.6. The molecule has 0 saturated carbocycles. The molecule has 2 amide bonds. The maximum absolute atomic E-state index is 11.7. The molecule has 0 unspecified atom stereocenters. The van der Waals surface area contributed by atoms with E-state index in [1.165, 1.54) is 16.8 Å². The molecule has 0 atom stereocenters.